The van der Waals surface area contributed by atoms with Gasteiger partial charge in [0.05, 0.1) is 26.4 Å². The van der Waals surface area contributed by atoms with E-state index in [-0.39, 0.29) is 48.7 Å². The molecule has 4 aromatic rings. The van der Waals surface area contributed by atoms with Gasteiger partial charge in [-0.2, -0.15) is 0 Å². The molecule has 0 unspecified atom stereocenters. The maximum absolute atomic E-state index is 13.3. The number of esters is 4. The van der Waals surface area contributed by atoms with Gasteiger partial charge in [0.25, 0.3) is 0 Å². The lowest BCUT2D eigenvalue weighted by molar-refractivity contribution is -0.148. The number of ether oxygens (including phenoxy) is 4. The number of carbonyl (C=O) groups is 4. The second-order valence-electron chi connectivity index (χ2n) is 10.1. The Morgan fingerprint density at radius 3 is 1.17 bits per heavy atom. The van der Waals surface area contributed by atoms with Gasteiger partial charge >= 0.3 is 23.9 Å². The summed E-state index contributed by atoms with van der Waals surface area (Å²) in [6.45, 7) is 6.81. The fourth-order valence-corrected chi connectivity index (χ4v) is 6.09. The van der Waals surface area contributed by atoms with E-state index in [9.17, 15) is 19.2 Å². The van der Waals surface area contributed by atoms with Crippen LogP contribution in [-0.2, 0) is 38.1 Å². The van der Waals surface area contributed by atoms with E-state index in [1.165, 1.54) is 0 Å². The molecule has 8 bridgehead atoms. The van der Waals surface area contributed by atoms with E-state index in [1.54, 1.807) is 75.4 Å². The first-order valence-electron chi connectivity index (χ1n) is 15.2. The van der Waals surface area contributed by atoms with Gasteiger partial charge in [0.15, 0.2) is 11.1 Å². The van der Waals surface area contributed by atoms with Gasteiger partial charge in [-0.05, 0) is 87.4 Å². The first-order valence-corrected chi connectivity index (χ1v) is 16.0. The van der Waals surface area contributed by atoms with Crippen molar-refractivity contribution in [3.8, 4) is 0 Å². The van der Waals surface area contributed by atoms with Crippen molar-refractivity contribution in [3.63, 3.8) is 0 Å². The first kappa shape index (κ1) is 33.0. The lowest BCUT2D eigenvalue weighted by Crippen LogP contribution is -2.21. The molecule has 242 valence electrons. The average molecular weight is 655 g/mol. The number of hydrogen-bond acceptors (Lipinski definition) is 9. The standard InChI is InChI=1S/C36H34N2O8S/c1-5-43-33(39)31(34(40)44-6-2)29-21-9-11-22(12-10-21)30(32(35(41)45-7-3)36(42)46-8-4)28-18-14-24(38-28)20-26-16-15-25(47-26)19-23-13-17-27(29)37-23/h9-20,37-38H,5-8H2,1-4H3/b25-19-,26-20-. The molecule has 3 aromatic heterocycles. The van der Waals surface area contributed by atoms with Crippen molar-refractivity contribution in [1.29, 1.82) is 0 Å². The molecular weight excluding hydrogens is 620 g/mol. The van der Waals surface area contributed by atoms with Crippen LogP contribution >= 0.6 is 11.3 Å². The molecule has 0 atom stereocenters. The van der Waals surface area contributed by atoms with E-state index in [0.29, 0.717) is 22.5 Å². The maximum atomic E-state index is 13.3. The molecule has 2 aliphatic rings. The zero-order valence-electron chi connectivity index (χ0n) is 26.4. The number of thiophene rings is 1. The molecule has 0 amide bonds. The van der Waals surface area contributed by atoms with Crippen LogP contribution in [0.15, 0.2) is 71.8 Å². The molecule has 0 aliphatic carbocycles. The SMILES string of the molecule is CCOC(=O)C(C(=O)OCC)=C1c2ccc(cc2)C(=C(C(=O)OCC)C(=O)OCC)c2ccc([nH]2)/C=c2/cc/c(s2)=C/c2ccc1[nH]2. The second-order valence-corrected chi connectivity index (χ2v) is 11.3. The Labute approximate surface area is 275 Å². The Morgan fingerprint density at radius 1 is 0.511 bits per heavy atom. The predicted octanol–water partition coefficient (Wildman–Crippen LogP) is 4.23. The van der Waals surface area contributed by atoms with Crippen LogP contribution in [0.4, 0.5) is 0 Å². The summed E-state index contributed by atoms with van der Waals surface area (Å²) >= 11 is 1.55. The first-order chi connectivity index (χ1) is 22.8. The number of aromatic nitrogens is 2. The molecule has 0 radical (unpaired) electrons. The van der Waals surface area contributed by atoms with Crippen LogP contribution in [0.1, 0.15) is 61.6 Å². The molecule has 6 rings (SSSR count). The summed E-state index contributed by atoms with van der Waals surface area (Å²) in [6, 6.07) is 18.0. The molecule has 1 aromatic carbocycles. The van der Waals surface area contributed by atoms with Crippen LogP contribution in [0.2, 0.25) is 0 Å². The van der Waals surface area contributed by atoms with Crippen molar-refractivity contribution >= 4 is 58.5 Å². The summed E-state index contributed by atoms with van der Waals surface area (Å²) in [7, 11) is 0. The monoisotopic (exact) mass is 654 g/mol. The third-order valence-corrected chi connectivity index (χ3v) is 8.06. The quantitative estimate of drug-likeness (QED) is 0.0835. The molecular formula is C36H34N2O8S. The minimum atomic E-state index is -0.833. The topological polar surface area (TPSA) is 137 Å². The second kappa shape index (κ2) is 14.8. The number of rotatable bonds is 8. The number of carbonyl (C=O) groups excluding carboxylic acids is 4. The van der Waals surface area contributed by atoms with Crippen LogP contribution in [0.25, 0.3) is 23.3 Å². The Balaban J connectivity index is 1.87. The molecule has 0 saturated heterocycles. The molecule has 0 fully saturated rings. The van der Waals surface area contributed by atoms with Gasteiger partial charge in [-0.15, -0.1) is 11.3 Å². The van der Waals surface area contributed by atoms with Gasteiger partial charge in [0.2, 0.25) is 0 Å². The van der Waals surface area contributed by atoms with Gasteiger partial charge < -0.3 is 28.9 Å². The molecule has 5 heterocycles. The molecule has 10 nitrogen and oxygen atoms in total. The predicted molar refractivity (Wildman–Crippen MR) is 177 cm³/mol. The maximum Gasteiger partial charge on any atom is 0.346 e. The van der Waals surface area contributed by atoms with Gasteiger partial charge in [-0.1, -0.05) is 24.3 Å². The van der Waals surface area contributed by atoms with Crippen LogP contribution in [0.3, 0.4) is 0 Å². The van der Waals surface area contributed by atoms with Gasteiger partial charge in [-0.25, -0.2) is 19.2 Å². The number of hydrogen-bond donors (Lipinski definition) is 2. The summed E-state index contributed by atoms with van der Waals surface area (Å²) in [6.07, 6.45) is 3.93. The Bertz CT molecular complexity index is 1820. The van der Waals surface area contributed by atoms with Crippen molar-refractivity contribution in [1.82, 2.24) is 9.97 Å². The number of nitrogens with one attached hydrogen (secondary N) is 2. The van der Waals surface area contributed by atoms with Gasteiger partial charge in [0, 0.05) is 43.0 Å². The van der Waals surface area contributed by atoms with Gasteiger partial charge in [0.1, 0.15) is 0 Å². The zero-order chi connectivity index (χ0) is 33.5. The number of benzene rings is 1. The molecule has 11 heteroatoms. The molecule has 0 spiro atoms. The van der Waals surface area contributed by atoms with Crippen molar-refractivity contribution in [2.24, 2.45) is 0 Å². The van der Waals surface area contributed by atoms with Crippen molar-refractivity contribution in [2.75, 3.05) is 26.4 Å². The third-order valence-electron chi connectivity index (χ3n) is 7.08. The number of fused-ring (bicyclic) bond motifs is 2. The van der Waals surface area contributed by atoms with Gasteiger partial charge in [-0.3, -0.25) is 0 Å². The Kier molecular flexibility index (Phi) is 10.4. The van der Waals surface area contributed by atoms with E-state index in [0.717, 1.165) is 20.5 Å². The highest BCUT2D eigenvalue weighted by molar-refractivity contribution is 7.07. The summed E-state index contributed by atoms with van der Waals surface area (Å²) in [5.74, 6) is -3.33. The molecule has 2 N–H and O–H groups in total. The highest BCUT2D eigenvalue weighted by Gasteiger charge is 2.31. The third kappa shape index (κ3) is 7.20. The lowest BCUT2D eigenvalue weighted by atomic mass is 9.92. The van der Waals surface area contributed by atoms with Crippen LogP contribution in [0.5, 0.6) is 0 Å². The van der Waals surface area contributed by atoms with Crippen LogP contribution in [0, 0.1) is 0 Å². The zero-order valence-corrected chi connectivity index (χ0v) is 27.2. The summed E-state index contributed by atoms with van der Waals surface area (Å²) in [5.41, 5.74) is 3.41. The summed E-state index contributed by atoms with van der Waals surface area (Å²) < 4.78 is 23.2. The van der Waals surface area contributed by atoms with Crippen molar-refractivity contribution < 1.29 is 38.1 Å². The largest absolute Gasteiger partial charge is 0.462 e. The van der Waals surface area contributed by atoms with Crippen LogP contribution in [-0.4, -0.2) is 60.3 Å². The number of aromatic amines is 2. The highest BCUT2D eigenvalue weighted by atomic mass is 32.1. The van der Waals surface area contributed by atoms with E-state index in [4.69, 9.17) is 18.9 Å². The highest BCUT2D eigenvalue weighted by Crippen LogP contribution is 2.33. The van der Waals surface area contributed by atoms with E-state index in [1.807, 2.05) is 36.4 Å². The van der Waals surface area contributed by atoms with Crippen LogP contribution < -0.4 is 9.06 Å². The Hall–Kier alpha value is -5.42. The van der Waals surface area contributed by atoms with E-state index < -0.39 is 23.9 Å². The molecule has 0 saturated carbocycles. The minimum Gasteiger partial charge on any atom is -0.462 e. The lowest BCUT2D eigenvalue weighted by Gasteiger charge is -2.16. The summed E-state index contributed by atoms with van der Waals surface area (Å²) in [4.78, 5) is 60.0. The normalized spacial score (nSPS) is 13.4. The molecule has 2 aliphatic heterocycles. The minimum absolute atomic E-state index is 0.0478. The fraction of sp³-hybridized carbons (Fsp3) is 0.222. The summed E-state index contributed by atoms with van der Waals surface area (Å²) in [5, 5.41) is 0. The number of H-pyrrole nitrogens is 2. The van der Waals surface area contributed by atoms with E-state index >= 15 is 0 Å². The van der Waals surface area contributed by atoms with E-state index in [2.05, 4.69) is 9.97 Å². The van der Waals surface area contributed by atoms with Crippen molar-refractivity contribution in [2.45, 2.75) is 27.7 Å². The average Bonchev–Trinajstić information content (AvgIpc) is 3.81. The fourth-order valence-electron chi connectivity index (χ4n) is 5.17. The Morgan fingerprint density at radius 2 is 0.851 bits per heavy atom. The smallest absolute Gasteiger partial charge is 0.346 e. The molecule has 47 heavy (non-hydrogen) atoms. The van der Waals surface area contributed by atoms with Crippen molar-refractivity contribution in [3.05, 3.63) is 115 Å².